The first-order valence-electron chi connectivity index (χ1n) is 7.50. The SMILES string of the molecule is CC(C)c1ccc(/C=C2/N=C(c3cccc(Cl)c3)NC2=O)cc1. The van der Waals surface area contributed by atoms with Crippen molar-refractivity contribution in [1.82, 2.24) is 5.32 Å². The van der Waals surface area contributed by atoms with Gasteiger partial charge >= 0.3 is 0 Å². The summed E-state index contributed by atoms with van der Waals surface area (Å²) < 4.78 is 0. The largest absolute Gasteiger partial charge is 0.305 e. The number of hydrogen-bond acceptors (Lipinski definition) is 2. The molecule has 23 heavy (non-hydrogen) atoms. The van der Waals surface area contributed by atoms with E-state index in [1.54, 1.807) is 18.2 Å². The molecular formula is C19H17ClN2O. The minimum absolute atomic E-state index is 0.201. The number of benzene rings is 2. The van der Waals surface area contributed by atoms with Gasteiger partial charge in [-0.2, -0.15) is 0 Å². The van der Waals surface area contributed by atoms with Crippen molar-refractivity contribution < 1.29 is 4.79 Å². The summed E-state index contributed by atoms with van der Waals surface area (Å²) in [5.74, 6) is 0.814. The van der Waals surface area contributed by atoms with Gasteiger partial charge in [0.25, 0.3) is 5.91 Å². The highest BCUT2D eigenvalue weighted by Crippen LogP contribution is 2.19. The summed E-state index contributed by atoms with van der Waals surface area (Å²) in [6.45, 7) is 4.30. The van der Waals surface area contributed by atoms with Crippen LogP contribution in [0.5, 0.6) is 0 Å². The summed E-state index contributed by atoms with van der Waals surface area (Å²) in [6.07, 6.45) is 1.79. The van der Waals surface area contributed by atoms with Crippen molar-refractivity contribution in [2.45, 2.75) is 19.8 Å². The number of nitrogens with one attached hydrogen (secondary N) is 1. The van der Waals surface area contributed by atoms with E-state index in [2.05, 4.69) is 36.3 Å². The Balaban J connectivity index is 1.88. The van der Waals surface area contributed by atoms with E-state index < -0.39 is 0 Å². The van der Waals surface area contributed by atoms with Crippen LogP contribution in [0.4, 0.5) is 0 Å². The maximum atomic E-state index is 12.1. The molecule has 1 N–H and O–H groups in total. The fraction of sp³-hybridized carbons (Fsp3) is 0.158. The van der Waals surface area contributed by atoms with Crippen molar-refractivity contribution in [3.63, 3.8) is 0 Å². The maximum absolute atomic E-state index is 12.1. The van der Waals surface area contributed by atoms with Gasteiger partial charge in [-0.05, 0) is 35.3 Å². The normalized spacial score (nSPS) is 15.9. The highest BCUT2D eigenvalue weighted by Gasteiger charge is 2.21. The zero-order valence-corrected chi connectivity index (χ0v) is 13.8. The van der Waals surface area contributed by atoms with Crippen LogP contribution in [0.1, 0.15) is 36.5 Å². The highest BCUT2D eigenvalue weighted by molar-refractivity contribution is 6.31. The number of nitrogens with zero attached hydrogens (tertiary/aromatic N) is 1. The Labute approximate surface area is 140 Å². The molecule has 0 bridgehead atoms. The average Bonchev–Trinajstić information content (AvgIpc) is 2.89. The quantitative estimate of drug-likeness (QED) is 0.836. The molecular weight excluding hydrogens is 308 g/mol. The predicted octanol–water partition coefficient (Wildman–Crippen LogP) is 4.38. The van der Waals surface area contributed by atoms with Gasteiger partial charge in [-0.3, -0.25) is 4.79 Å². The first kappa shape index (κ1) is 15.5. The number of amides is 1. The second kappa shape index (κ2) is 6.39. The van der Waals surface area contributed by atoms with Gasteiger partial charge in [-0.15, -0.1) is 0 Å². The second-order valence-electron chi connectivity index (χ2n) is 5.78. The van der Waals surface area contributed by atoms with Crippen LogP contribution < -0.4 is 5.32 Å². The predicted molar refractivity (Wildman–Crippen MR) is 94.6 cm³/mol. The molecule has 0 aromatic heterocycles. The van der Waals surface area contributed by atoms with Crippen molar-refractivity contribution in [3.8, 4) is 0 Å². The van der Waals surface area contributed by atoms with Crippen molar-refractivity contribution in [2.75, 3.05) is 0 Å². The first-order valence-corrected chi connectivity index (χ1v) is 7.88. The molecule has 3 nitrogen and oxygen atoms in total. The summed E-state index contributed by atoms with van der Waals surface area (Å²) in [7, 11) is 0. The number of amidine groups is 1. The molecule has 3 rings (SSSR count). The molecule has 2 aromatic rings. The van der Waals surface area contributed by atoms with E-state index in [1.165, 1.54) is 5.56 Å². The zero-order valence-electron chi connectivity index (χ0n) is 13.0. The van der Waals surface area contributed by atoms with Crippen LogP contribution in [0.15, 0.2) is 59.2 Å². The van der Waals surface area contributed by atoms with Gasteiger partial charge in [0.15, 0.2) is 0 Å². The fourth-order valence-corrected chi connectivity index (χ4v) is 2.57. The third-order valence-corrected chi connectivity index (χ3v) is 3.94. The molecule has 1 amide bonds. The van der Waals surface area contributed by atoms with Crippen molar-refractivity contribution in [3.05, 3.63) is 75.9 Å². The van der Waals surface area contributed by atoms with Crippen molar-refractivity contribution in [2.24, 2.45) is 4.99 Å². The molecule has 0 saturated heterocycles. The molecule has 0 radical (unpaired) electrons. The Kier molecular flexibility index (Phi) is 4.30. The lowest BCUT2D eigenvalue weighted by molar-refractivity contribution is -0.115. The minimum atomic E-state index is -0.201. The highest BCUT2D eigenvalue weighted by atomic mass is 35.5. The zero-order chi connectivity index (χ0) is 16.4. The summed E-state index contributed by atoms with van der Waals surface area (Å²) in [5, 5.41) is 3.39. The number of carbonyl (C=O) groups excluding carboxylic acids is 1. The molecule has 1 aliphatic rings. The number of halogens is 1. The molecule has 2 aromatic carbocycles. The summed E-state index contributed by atoms with van der Waals surface area (Å²) in [6, 6.07) is 15.4. The van der Waals surface area contributed by atoms with Crippen LogP contribution in [0.2, 0.25) is 5.02 Å². The third kappa shape index (κ3) is 3.51. The van der Waals surface area contributed by atoms with E-state index in [9.17, 15) is 4.79 Å². The van der Waals surface area contributed by atoms with Gasteiger partial charge in [-0.25, -0.2) is 4.99 Å². The van der Waals surface area contributed by atoms with E-state index >= 15 is 0 Å². The van der Waals surface area contributed by atoms with Crippen LogP contribution in [0.25, 0.3) is 6.08 Å². The van der Waals surface area contributed by atoms with Gasteiger partial charge in [0, 0.05) is 10.6 Å². The van der Waals surface area contributed by atoms with E-state index in [1.807, 2.05) is 24.3 Å². The molecule has 1 aliphatic heterocycles. The Hall–Kier alpha value is -2.39. The van der Waals surface area contributed by atoms with E-state index in [0.717, 1.165) is 11.1 Å². The second-order valence-corrected chi connectivity index (χ2v) is 6.21. The van der Waals surface area contributed by atoms with Crippen molar-refractivity contribution >= 4 is 29.4 Å². The summed E-state index contributed by atoms with van der Waals surface area (Å²) in [5.41, 5.74) is 3.42. The number of aliphatic imine (C=N–C) groups is 1. The Bertz CT molecular complexity index is 804. The number of carbonyl (C=O) groups is 1. The molecule has 4 heteroatoms. The van der Waals surface area contributed by atoms with Gasteiger partial charge in [0.1, 0.15) is 11.5 Å². The summed E-state index contributed by atoms with van der Waals surface area (Å²) >= 11 is 5.98. The van der Waals surface area contributed by atoms with Crippen LogP contribution in [-0.4, -0.2) is 11.7 Å². The van der Waals surface area contributed by atoms with Crippen LogP contribution >= 0.6 is 11.6 Å². The molecule has 0 atom stereocenters. The molecule has 0 saturated carbocycles. The van der Waals surface area contributed by atoms with Gasteiger partial charge in [0.2, 0.25) is 0 Å². The van der Waals surface area contributed by atoms with Gasteiger partial charge in [-0.1, -0.05) is 61.8 Å². The monoisotopic (exact) mass is 324 g/mol. The topological polar surface area (TPSA) is 41.5 Å². The Morgan fingerprint density at radius 2 is 1.87 bits per heavy atom. The van der Waals surface area contributed by atoms with E-state index in [0.29, 0.717) is 22.5 Å². The maximum Gasteiger partial charge on any atom is 0.275 e. The smallest absolute Gasteiger partial charge is 0.275 e. The van der Waals surface area contributed by atoms with Crippen LogP contribution in [0, 0.1) is 0 Å². The minimum Gasteiger partial charge on any atom is -0.305 e. The molecule has 1 heterocycles. The lowest BCUT2D eigenvalue weighted by Crippen LogP contribution is -2.24. The number of hydrogen-bond donors (Lipinski definition) is 1. The lowest BCUT2D eigenvalue weighted by atomic mass is 10.0. The average molecular weight is 325 g/mol. The molecule has 0 fully saturated rings. The van der Waals surface area contributed by atoms with E-state index in [-0.39, 0.29) is 5.91 Å². The fourth-order valence-electron chi connectivity index (χ4n) is 2.38. The molecule has 0 spiro atoms. The lowest BCUT2D eigenvalue weighted by Gasteiger charge is -2.04. The van der Waals surface area contributed by atoms with E-state index in [4.69, 9.17) is 11.6 Å². The molecule has 0 aliphatic carbocycles. The Morgan fingerprint density at radius 1 is 1.13 bits per heavy atom. The molecule has 0 unspecified atom stereocenters. The van der Waals surface area contributed by atoms with Gasteiger partial charge in [0.05, 0.1) is 0 Å². The molecule has 116 valence electrons. The standard InChI is InChI=1S/C19H17ClN2O/c1-12(2)14-8-6-13(7-9-14)10-17-19(23)22-18(21-17)15-4-3-5-16(20)11-15/h3-12H,1-2H3,(H,21,22,23)/b17-10+. The third-order valence-electron chi connectivity index (χ3n) is 3.70. The summed E-state index contributed by atoms with van der Waals surface area (Å²) in [4.78, 5) is 16.5. The van der Waals surface area contributed by atoms with Crippen LogP contribution in [0.3, 0.4) is 0 Å². The van der Waals surface area contributed by atoms with Gasteiger partial charge < -0.3 is 5.32 Å². The van der Waals surface area contributed by atoms with Crippen molar-refractivity contribution in [1.29, 1.82) is 0 Å². The number of rotatable bonds is 3. The van der Waals surface area contributed by atoms with Crippen LogP contribution in [-0.2, 0) is 4.79 Å². The Morgan fingerprint density at radius 3 is 2.52 bits per heavy atom. The first-order chi connectivity index (χ1) is 11.0.